The van der Waals surface area contributed by atoms with Crippen molar-refractivity contribution >= 4 is 27.3 Å². The van der Waals surface area contributed by atoms with Gasteiger partial charge in [-0.05, 0) is 61.5 Å². The molecule has 3 rings (SSSR count). The van der Waals surface area contributed by atoms with Gasteiger partial charge in [0.2, 0.25) is 10.0 Å². The molecule has 1 aromatic carbocycles. The molecule has 1 fully saturated rings. The molecule has 0 bridgehead atoms. The highest BCUT2D eigenvalue weighted by Crippen LogP contribution is 2.30. The van der Waals surface area contributed by atoms with E-state index in [-0.39, 0.29) is 22.6 Å². The molecule has 1 N–H and O–H groups in total. The van der Waals surface area contributed by atoms with E-state index in [1.807, 2.05) is 6.07 Å². The van der Waals surface area contributed by atoms with Crippen LogP contribution in [0.3, 0.4) is 0 Å². The fourth-order valence-corrected chi connectivity index (χ4v) is 5.67. The molecule has 1 aliphatic rings. The molecule has 0 spiro atoms. The molecule has 170 valence electrons. The summed E-state index contributed by atoms with van der Waals surface area (Å²) in [5.41, 5.74) is 0.290. The van der Waals surface area contributed by atoms with E-state index in [1.165, 1.54) is 38.2 Å². The molecule has 31 heavy (non-hydrogen) atoms. The molecule has 2 aromatic rings. The predicted molar refractivity (Wildman–Crippen MR) is 123 cm³/mol. The van der Waals surface area contributed by atoms with E-state index in [0.717, 1.165) is 36.2 Å². The second-order valence-corrected chi connectivity index (χ2v) is 11.2. The molecule has 1 aromatic heterocycles. The Morgan fingerprint density at radius 1 is 1.29 bits per heavy atom. The Balaban J connectivity index is 1.78. The molecule has 0 saturated carbocycles. The molecule has 0 unspecified atom stereocenters. The SMILES string of the molecule is COc1ccc(C(=O)NC[C@@H](c2cccs2)N2CCC(C)CC2)cc1S(=O)(=O)N(C)C. The molecule has 7 nitrogen and oxygen atoms in total. The number of nitrogens with one attached hydrogen (secondary N) is 1. The second kappa shape index (κ2) is 10.1. The van der Waals surface area contributed by atoms with Crippen LogP contribution in [0.25, 0.3) is 0 Å². The van der Waals surface area contributed by atoms with Gasteiger partial charge in [-0.2, -0.15) is 0 Å². The van der Waals surface area contributed by atoms with E-state index in [9.17, 15) is 13.2 Å². The van der Waals surface area contributed by atoms with E-state index in [0.29, 0.717) is 12.1 Å². The van der Waals surface area contributed by atoms with Crippen molar-refractivity contribution in [3.05, 3.63) is 46.2 Å². The molecule has 9 heteroatoms. The lowest BCUT2D eigenvalue weighted by Gasteiger charge is -2.36. The molecule has 2 heterocycles. The summed E-state index contributed by atoms with van der Waals surface area (Å²) in [5.74, 6) is 0.639. The van der Waals surface area contributed by atoms with E-state index in [1.54, 1.807) is 17.4 Å². The smallest absolute Gasteiger partial charge is 0.251 e. The van der Waals surface area contributed by atoms with Crippen molar-refractivity contribution in [2.24, 2.45) is 5.92 Å². The molecular weight excluding hydrogens is 434 g/mol. The number of amides is 1. The third kappa shape index (κ3) is 5.46. The summed E-state index contributed by atoms with van der Waals surface area (Å²) in [5, 5.41) is 5.07. The van der Waals surface area contributed by atoms with E-state index in [4.69, 9.17) is 4.74 Å². The molecule has 1 saturated heterocycles. The number of thiophene rings is 1. The number of carbonyl (C=O) groups excluding carboxylic acids is 1. The first kappa shape index (κ1) is 23.7. The lowest BCUT2D eigenvalue weighted by molar-refractivity contribution is 0.0914. The largest absolute Gasteiger partial charge is 0.495 e. The van der Waals surface area contributed by atoms with Gasteiger partial charge in [0.25, 0.3) is 5.91 Å². The average molecular weight is 466 g/mol. The fourth-order valence-electron chi connectivity index (χ4n) is 3.74. The number of hydrogen-bond acceptors (Lipinski definition) is 6. The Morgan fingerprint density at radius 2 is 2.00 bits per heavy atom. The number of sulfonamides is 1. The number of ether oxygens (including phenoxy) is 1. The number of hydrogen-bond donors (Lipinski definition) is 1. The van der Waals surface area contributed by atoms with Gasteiger partial charge in [0.15, 0.2) is 0 Å². The molecular formula is C22H31N3O4S2. The minimum Gasteiger partial charge on any atom is -0.495 e. The molecule has 1 atom stereocenters. The number of benzene rings is 1. The maximum atomic E-state index is 12.9. The van der Waals surface area contributed by atoms with Crippen molar-refractivity contribution in [3.63, 3.8) is 0 Å². The van der Waals surface area contributed by atoms with Crippen LogP contribution in [0.4, 0.5) is 0 Å². The number of likely N-dealkylation sites (tertiary alicyclic amines) is 1. The highest BCUT2D eigenvalue weighted by molar-refractivity contribution is 7.89. The van der Waals surface area contributed by atoms with Gasteiger partial charge in [-0.15, -0.1) is 11.3 Å². The number of piperidine rings is 1. The zero-order valence-electron chi connectivity index (χ0n) is 18.5. The van der Waals surface area contributed by atoms with Crippen LogP contribution in [0.2, 0.25) is 0 Å². The zero-order valence-corrected chi connectivity index (χ0v) is 20.1. The number of nitrogens with zero attached hydrogens (tertiary/aromatic N) is 2. The fraction of sp³-hybridized carbons (Fsp3) is 0.500. The second-order valence-electron chi connectivity index (χ2n) is 8.11. The summed E-state index contributed by atoms with van der Waals surface area (Å²) in [7, 11) is 0.571. The van der Waals surface area contributed by atoms with Crippen molar-refractivity contribution in [1.82, 2.24) is 14.5 Å². The van der Waals surface area contributed by atoms with Crippen molar-refractivity contribution < 1.29 is 17.9 Å². The molecule has 0 aliphatic carbocycles. The van der Waals surface area contributed by atoms with Crippen LogP contribution in [0.15, 0.2) is 40.6 Å². The number of methoxy groups -OCH3 is 1. The minimum atomic E-state index is -3.74. The standard InChI is InChI=1S/C22H31N3O4S2/c1-16-9-11-25(12-10-16)18(20-6-5-13-30-20)15-23-22(26)17-7-8-19(29-4)21(14-17)31(27,28)24(2)3/h5-8,13-14,16,18H,9-12,15H2,1-4H3,(H,23,26)/t18-/m0/s1. The van der Waals surface area contributed by atoms with E-state index < -0.39 is 10.0 Å². The summed E-state index contributed by atoms with van der Waals surface area (Å²) >= 11 is 1.69. The summed E-state index contributed by atoms with van der Waals surface area (Å²) in [4.78, 5) is 16.6. The predicted octanol–water partition coefficient (Wildman–Crippen LogP) is 3.21. The van der Waals surface area contributed by atoms with Crippen LogP contribution < -0.4 is 10.1 Å². The van der Waals surface area contributed by atoms with Crippen molar-refractivity contribution in [2.75, 3.05) is 40.8 Å². The van der Waals surface area contributed by atoms with E-state index >= 15 is 0 Å². The Bertz CT molecular complexity index is 982. The third-order valence-corrected chi connectivity index (χ3v) is 8.58. The van der Waals surface area contributed by atoms with Crippen LogP contribution in [-0.2, 0) is 10.0 Å². The van der Waals surface area contributed by atoms with Gasteiger partial charge in [0.1, 0.15) is 10.6 Å². The quantitative estimate of drug-likeness (QED) is 0.648. The van der Waals surface area contributed by atoms with Crippen molar-refractivity contribution in [1.29, 1.82) is 0 Å². The maximum absolute atomic E-state index is 12.9. The maximum Gasteiger partial charge on any atom is 0.251 e. The highest BCUT2D eigenvalue weighted by Gasteiger charge is 2.27. The average Bonchev–Trinajstić information content (AvgIpc) is 3.29. The zero-order chi connectivity index (χ0) is 22.6. The van der Waals surface area contributed by atoms with Gasteiger partial charge in [-0.25, -0.2) is 12.7 Å². The lowest BCUT2D eigenvalue weighted by Crippen LogP contribution is -2.41. The van der Waals surface area contributed by atoms with Gasteiger partial charge in [0, 0.05) is 31.1 Å². The molecule has 1 aliphatic heterocycles. The minimum absolute atomic E-state index is 0.0209. The third-order valence-electron chi connectivity index (χ3n) is 5.77. The number of rotatable bonds is 8. The summed E-state index contributed by atoms with van der Waals surface area (Å²) in [6.45, 7) is 4.76. The number of carbonyl (C=O) groups is 1. The van der Waals surface area contributed by atoms with Gasteiger partial charge in [-0.1, -0.05) is 13.0 Å². The van der Waals surface area contributed by atoms with Gasteiger partial charge in [-0.3, -0.25) is 9.69 Å². The topological polar surface area (TPSA) is 79.0 Å². The van der Waals surface area contributed by atoms with Crippen LogP contribution in [-0.4, -0.2) is 64.4 Å². The van der Waals surface area contributed by atoms with Crippen LogP contribution in [0, 0.1) is 5.92 Å². The Kier molecular flexibility index (Phi) is 7.74. The van der Waals surface area contributed by atoms with Gasteiger partial charge < -0.3 is 10.1 Å². The van der Waals surface area contributed by atoms with Crippen LogP contribution in [0.5, 0.6) is 5.75 Å². The summed E-state index contributed by atoms with van der Waals surface area (Å²) in [6.07, 6.45) is 2.31. The van der Waals surface area contributed by atoms with E-state index in [2.05, 4.69) is 28.6 Å². The van der Waals surface area contributed by atoms with Gasteiger partial charge in [0.05, 0.1) is 13.2 Å². The molecule has 1 amide bonds. The first-order chi connectivity index (χ1) is 14.7. The highest BCUT2D eigenvalue weighted by atomic mass is 32.2. The summed E-state index contributed by atoms with van der Waals surface area (Å²) in [6, 6.07) is 8.74. The normalized spacial score (nSPS) is 16.9. The lowest BCUT2D eigenvalue weighted by atomic mass is 9.97. The monoisotopic (exact) mass is 465 g/mol. The van der Waals surface area contributed by atoms with Crippen LogP contribution in [0.1, 0.15) is 41.0 Å². The Hall–Kier alpha value is -1.94. The Morgan fingerprint density at radius 3 is 2.58 bits per heavy atom. The van der Waals surface area contributed by atoms with Crippen LogP contribution >= 0.6 is 11.3 Å². The summed E-state index contributed by atoms with van der Waals surface area (Å²) < 4.78 is 31.6. The van der Waals surface area contributed by atoms with Crippen molar-refractivity contribution in [3.8, 4) is 5.75 Å². The molecule has 0 radical (unpaired) electrons. The van der Waals surface area contributed by atoms with Gasteiger partial charge >= 0.3 is 0 Å². The first-order valence-electron chi connectivity index (χ1n) is 10.4. The Labute approximate surface area is 189 Å². The van der Waals surface area contributed by atoms with Crippen molar-refractivity contribution in [2.45, 2.75) is 30.7 Å². The first-order valence-corrected chi connectivity index (χ1v) is 12.7.